The van der Waals surface area contributed by atoms with Gasteiger partial charge in [0.15, 0.2) is 5.82 Å². The molecule has 2 aromatic rings. The molecule has 0 radical (unpaired) electrons. The molecule has 1 atom stereocenters. The largest absolute Gasteiger partial charge is 0.354 e. The molecule has 3 rings (SSSR count). The predicted molar refractivity (Wildman–Crippen MR) is 74.9 cm³/mol. The third-order valence-corrected chi connectivity index (χ3v) is 3.52. The number of rotatable bonds is 3. The van der Waals surface area contributed by atoms with E-state index in [0.29, 0.717) is 6.04 Å². The van der Waals surface area contributed by atoms with Gasteiger partial charge in [-0.1, -0.05) is 6.07 Å². The Labute approximate surface area is 112 Å². The maximum absolute atomic E-state index is 4.31. The summed E-state index contributed by atoms with van der Waals surface area (Å²) < 4.78 is 0. The number of hydrogen-bond donors (Lipinski definition) is 1. The molecule has 0 spiro atoms. The molecule has 1 N–H and O–H groups in total. The Morgan fingerprint density at radius 3 is 2.74 bits per heavy atom. The average Bonchev–Trinajstić information content (AvgIpc) is 3.02. The highest BCUT2D eigenvalue weighted by Crippen LogP contribution is 2.18. The van der Waals surface area contributed by atoms with Gasteiger partial charge in [0.2, 0.25) is 0 Å². The summed E-state index contributed by atoms with van der Waals surface area (Å²) >= 11 is 0. The van der Waals surface area contributed by atoms with Crippen LogP contribution < -0.4 is 10.2 Å². The van der Waals surface area contributed by atoms with Crippen molar-refractivity contribution in [2.75, 3.05) is 25.0 Å². The Bertz CT molecular complexity index is 519. The van der Waals surface area contributed by atoms with Gasteiger partial charge in [0.05, 0.1) is 5.69 Å². The van der Waals surface area contributed by atoms with Crippen LogP contribution in [0, 0.1) is 0 Å². The van der Waals surface area contributed by atoms with Gasteiger partial charge in [0.1, 0.15) is 5.69 Å². The molecule has 0 bridgehead atoms. The van der Waals surface area contributed by atoms with Crippen LogP contribution in [0.1, 0.15) is 6.42 Å². The van der Waals surface area contributed by atoms with Crippen molar-refractivity contribution in [2.45, 2.75) is 12.5 Å². The van der Waals surface area contributed by atoms with Crippen LogP contribution in [0.25, 0.3) is 11.4 Å². The Balaban J connectivity index is 1.79. The number of aromatic nitrogens is 3. The third-order valence-electron chi connectivity index (χ3n) is 3.52. The standard InChI is InChI=1S/C14H17N5/c1-19(11-7-9-15-10-11)14-6-5-13(17-18-14)12-4-2-3-8-16-12/h2-6,8,11,15H,7,9-10H2,1H3. The summed E-state index contributed by atoms with van der Waals surface area (Å²) in [7, 11) is 2.07. The normalized spacial score (nSPS) is 18.5. The number of hydrogen-bond acceptors (Lipinski definition) is 5. The van der Waals surface area contributed by atoms with E-state index in [1.165, 1.54) is 0 Å². The van der Waals surface area contributed by atoms with E-state index in [4.69, 9.17) is 0 Å². The number of nitrogens with one attached hydrogen (secondary N) is 1. The maximum Gasteiger partial charge on any atom is 0.151 e. The fourth-order valence-corrected chi connectivity index (χ4v) is 2.32. The molecule has 1 aliphatic heterocycles. The van der Waals surface area contributed by atoms with Crippen LogP contribution in [0.4, 0.5) is 5.82 Å². The molecule has 19 heavy (non-hydrogen) atoms. The van der Waals surface area contributed by atoms with Gasteiger partial charge in [-0.2, -0.15) is 0 Å². The summed E-state index contributed by atoms with van der Waals surface area (Å²) in [5.41, 5.74) is 1.66. The second-order valence-corrected chi connectivity index (χ2v) is 4.75. The first kappa shape index (κ1) is 12.0. The van der Waals surface area contributed by atoms with Crippen molar-refractivity contribution in [1.29, 1.82) is 0 Å². The van der Waals surface area contributed by atoms with Crippen molar-refractivity contribution < 1.29 is 0 Å². The number of nitrogens with zero attached hydrogens (tertiary/aromatic N) is 4. The highest BCUT2D eigenvalue weighted by atomic mass is 15.3. The van der Waals surface area contributed by atoms with Gasteiger partial charge in [-0.15, -0.1) is 10.2 Å². The molecule has 2 aromatic heterocycles. The minimum atomic E-state index is 0.509. The van der Waals surface area contributed by atoms with E-state index < -0.39 is 0 Å². The molecule has 1 aliphatic rings. The van der Waals surface area contributed by atoms with Gasteiger partial charge in [-0.05, 0) is 37.2 Å². The van der Waals surface area contributed by atoms with Crippen molar-refractivity contribution in [3.05, 3.63) is 36.5 Å². The van der Waals surface area contributed by atoms with Gasteiger partial charge in [-0.3, -0.25) is 4.98 Å². The van der Waals surface area contributed by atoms with Gasteiger partial charge in [-0.25, -0.2) is 0 Å². The number of likely N-dealkylation sites (N-methyl/N-ethyl adjacent to an activating group) is 1. The van der Waals surface area contributed by atoms with E-state index in [2.05, 4.69) is 32.4 Å². The van der Waals surface area contributed by atoms with E-state index in [-0.39, 0.29) is 0 Å². The van der Waals surface area contributed by atoms with Crippen LogP contribution in [0.5, 0.6) is 0 Å². The van der Waals surface area contributed by atoms with E-state index in [0.717, 1.165) is 36.7 Å². The summed E-state index contributed by atoms with van der Waals surface area (Å²) in [6.07, 6.45) is 2.92. The molecular weight excluding hydrogens is 238 g/mol. The van der Waals surface area contributed by atoms with Crippen LogP contribution in [0.2, 0.25) is 0 Å². The maximum atomic E-state index is 4.31. The molecule has 5 nitrogen and oxygen atoms in total. The second kappa shape index (κ2) is 5.32. The van der Waals surface area contributed by atoms with Crippen molar-refractivity contribution in [3.63, 3.8) is 0 Å². The number of anilines is 1. The minimum Gasteiger partial charge on any atom is -0.354 e. The van der Waals surface area contributed by atoms with Crippen molar-refractivity contribution >= 4 is 5.82 Å². The molecule has 0 aromatic carbocycles. The Kier molecular flexibility index (Phi) is 3.37. The molecule has 1 saturated heterocycles. The summed E-state index contributed by atoms with van der Waals surface area (Å²) in [6, 6.07) is 10.3. The first-order valence-electron chi connectivity index (χ1n) is 6.53. The summed E-state index contributed by atoms with van der Waals surface area (Å²) in [5, 5.41) is 11.9. The first-order valence-corrected chi connectivity index (χ1v) is 6.53. The zero-order valence-electron chi connectivity index (χ0n) is 11.0. The van der Waals surface area contributed by atoms with E-state index >= 15 is 0 Å². The fraction of sp³-hybridized carbons (Fsp3) is 0.357. The zero-order chi connectivity index (χ0) is 13.1. The lowest BCUT2D eigenvalue weighted by atomic mass is 10.2. The minimum absolute atomic E-state index is 0.509. The summed E-state index contributed by atoms with van der Waals surface area (Å²) in [6.45, 7) is 2.09. The third kappa shape index (κ3) is 2.56. The van der Waals surface area contributed by atoms with Crippen LogP contribution in [0.3, 0.4) is 0 Å². The molecule has 0 aliphatic carbocycles. The second-order valence-electron chi connectivity index (χ2n) is 4.75. The lowest BCUT2D eigenvalue weighted by Gasteiger charge is -2.24. The van der Waals surface area contributed by atoms with Crippen molar-refractivity contribution in [2.24, 2.45) is 0 Å². The molecule has 1 unspecified atom stereocenters. The van der Waals surface area contributed by atoms with Gasteiger partial charge < -0.3 is 10.2 Å². The molecule has 5 heteroatoms. The van der Waals surface area contributed by atoms with Crippen LogP contribution in [0.15, 0.2) is 36.5 Å². The van der Waals surface area contributed by atoms with E-state index in [9.17, 15) is 0 Å². The molecule has 0 amide bonds. The van der Waals surface area contributed by atoms with Crippen LogP contribution in [-0.4, -0.2) is 41.4 Å². The summed E-state index contributed by atoms with van der Waals surface area (Å²) in [5.74, 6) is 0.911. The first-order chi connectivity index (χ1) is 9.34. The van der Waals surface area contributed by atoms with Gasteiger partial charge >= 0.3 is 0 Å². The Morgan fingerprint density at radius 1 is 1.16 bits per heavy atom. The quantitative estimate of drug-likeness (QED) is 0.897. The van der Waals surface area contributed by atoms with Gasteiger partial charge in [0.25, 0.3) is 0 Å². The fourth-order valence-electron chi connectivity index (χ4n) is 2.32. The molecule has 0 saturated carbocycles. The monoisotopic (exact) mass is 255 g/mol. The highest BCUT2D eigenvalue weighted by molar-refractivity contribution is 5.54. The van der Waals surface area contributed by atoms with E-state index in [1.807, 2.05) is 30.3 Å². The van der Waals surface area contributed by atoms with Crippen LogP contribution >= 0.6 is 0 Å². The average molecular weight is 255 g/mol. The number of pyridine rings is 1. The predicted octanol–water partition coefficient (Wildman–Crippen LogP) is 1.34. The lowest BCUT2D eigenvalue weighted by Crippen LogP contribution is -2.34. The van der Waals surface area contributed by atoms with Gasteiger partial charge in [0, 0.05) is 25.8 Å². The Hall–Kier alpha value is -2.01. The van der Waals surface area contributed by atoms with Crippen molar-refractivity contribution in [1.82, 2.24) is 20.5 Å². The Morgan fingerprint density at radius 2 is 2.11 bits per heavy atom. The SMILES string of the molecule is CN(c1ccc(-c2ccccn2)nn1)C1CCNC1. The molecule has 3 heterocycles. The lowest BCUT2D eigenvalue weighted by molar-refractivity contribution is 0.673. The topological polar surface area (TPSA) is 53.9 Å². The van der Waals surface area contributed by atoms with E-state index in [1.54, 1.807) is 6.20 Å². The highest BCUT2D eigenvalue weighted by Gasteiger charge is 2.20. The zero-order valence-corrected chi connectivity index (χ0v) is 11.0. The molecule has 98 valence electrons. The van der Waals surface area contributed by atoms with Crippen LogP contribution in [-0.2, 0) is 0 Å². The summed E-state index contributed by atoms with van der Waals surface area (Å²) in [4.78, 5) is 6.46. The molecule has 1 fully saturated rings. The van der Waals surface area contributed by atoms with Crippen molar-refractivity contribution in [3.8, 4) is 11.4 Å². The molecular formula is C14H17N5. The smallest absolute Gasteiger partial charge is 0.151 e.